The second-order valence-corrected chi connectivity index (χ2v) is 5.46. The van der Waals surface area contributed by atoms with Crippen LogP contribution >= 0.6 is 0 Å². The van der Waals surface area contributed by atoms with Gasteiger partial charge in [-0.15, -0.1) is 0 Å². The van der Waals surface area contributed by atoms with Crippen LogP contribution in [0.5, 0.6) is 0 Å². The van der Waals surface area contributed by atoms with E-state index < -0.39 is 11.6 Å². The van der Waals surface area contributed by atoms with Crippen molar-refractivity contribution in [2.75, 3.05) is 23.8 Å². The number of hydrogen-bond acceptors (Lipinski definition) is 5. The summed E-state index contributed by atoms with van der Waals surface area (Å²) in [5, 5.41) is 5.79. The van der Waals surface area contributed by atoms with Crippen molar-refractivity contribution in [3.8, 4) is 0 Å². The van der Waals surface area contributed by atoms with E-state index in [4.69, 9.17) is 4.74 Å². The van der Waals surface area contributed by atoms with Gasteiger partial charge in [0.2, 0.25) is 5.95 Å². The highest BCUT2D eigenvalue weighted by molar-refractivity contribution is 5.58. The SMILES string of the molecule is Cc1cc(Nc2c(F)cccc2F)nc(NCC2CCCO2)n1. The summed E-state index contributed by atoms with van der Waals surface area (Å²) >= 11 is 0. The molecule has 23 heavy (non-hydrogen) atoms. The summed E-state index contributed by atoms with van der Waals surface area (Å²) in [5.41, 5.74) is 0.463. The van der Waals surface area contributed by atoms with Gasteiger partial charge in [0.25, 0.3) is 0 Å². The van der Waals surface area contributed by atoms with Gasteiger partial charge in [-0.25, -0.2) is 13.8 Å². The summed E-state index contributed by atoms with van der Waals surface area (Å²) in [6, 6.07) is 5.32. The predicted molar refractivity (Wildman–Crippen MR) is 83.9 cm³/mol. The molecule has 1 unspecified atom stereocenters. The molecule has 0 aliphatic carbocycles. The maximum atomic E-state index is 13.7. The van der Waals surface area contributed by atoms with Crippen molar-refractivity contribution in [2.24, 2.45) is 0 Å². The summed E-state index contributed by atoms with van der Waals surface area (Å²) in [7, 11) is 0. The standard InChI is InChI=1S/C16H18F2N4O/c1-10-8-14(21-15-12(17)5-2-6-13(15)18)22-16(20-10)19-9-11-4-3-7-23-11/h2,5-6,8,11H,3-4,7,9H2,1H3,(H2,19,20,21,22). The first-order chi connectivity index (χ1) is 11.1. The summed E-state index contributed by atoms with van der Waals surface area (Å²) in [6.07, 6.45) is 2.21. The van der Waals surface area contributed by atoms with Crippen LogP contribution in [0.2, 0.25) is 0 Å². The minimum absolute atomic E-state index is 0.152. The molecule has 7 heteroatoms. The molecule has 1 fully saturated rings. The summed E-state index contributed by atoms with van der Waals surface area (Å²) < 4.78 is 33.0. The van der Waals surface area contributed by atoms with Crippen LogP contribution < -0.4 is 10.6 Å². The molecule has 1 aromatic carbocycles. The van der Waals surface area contributed by atoms with E-state index in [1.54, 1.807) is 13.0 Å². The number of halogens is 2. The maximum Gasteiger partial charge on any atom is 0.224 e. The number of para-hydroxylation sites is 1. The van der Waals surface area contributed by atoms with Crippen LogP contribution in [-0.4, -0.2) is 29.2 Å². The Morgan fingerprint density at radius 2 is 2.04 bits per heavy atom. The molecule has 5 nitrogen and oxygen atoms in total. The topological polar surface area (TPSA) is 59.1 Å². The van der Waals surface area contributed by atoms with Crippen LogP contribution in [0.15, 0.2) is 24.3 Å². The molecule has 0 saturated carbocycles. The molecule has 122 valence electrons. The smallest absolute Gasteiger partial charge is 0.224 e. The van der Waals surface area contributed by atoms with Crippen molar-refractivity contribution in [3.05, 3.63) is 41.6 Å². The van der Waals surface area contributed by atoms with Crippen molar-refractivity contribution >= 4 is 17.5 Å². The van der Waals surface area contributed by atoms with E-state index in [9.17, 15) is 8.78 Å². The van der Waals surface area contributed by atoms with Gasteiger partial charge in [0.05, 0.1) is 6.10 Å². The number of rotatable bonds is 5. The zero-order chi connectivity index (χ0) is 16.2. The van der Waals surface area contributed by atoms with Gasteiger partial charge in [0.1, 0.15) is 23.1 Å². The summed E-state index contributed by atoms with van der Waals surface area (Å²) in [4.78, 5) is 8.53. The minimum Gasteiger partial charge on any atom is -0.376 e. The zero-order valence-corrected chi connectivity index (χ0v) is 12.8. The molecule has 2 N–H and O–H groups in total. The first-order valence-corrected chi connectivity index (χ1v) is 7.54. The third-order valence-electron chi connectivity index (χ3n) is 3.58. The Morgan fingerprint density at radius 3 is 2.74 bits per heavy atom. The van der Waals surface area contributed by atoms with E-state index in [2.05, 4.69) is 20.6 Å². The fraction of sp³-hybridized carbons (Fsp3) is 0.375. The van der Waals surface area contributed by atoms with Gasteiger partial charge in [-0.1, -0.05) is 6.07 Å². The van der Waals surface area contributed by atoms with E-state index in [0.717, 1.165) is 19.4 Å². The van der Waals surface area contributed by atoms with Crippen LogP contribution in [-0.2, 0) is 4.74 Å². The monoisotopic (exact) mass is 320 g/mol. The second kappa shape index (κ2) is 6.87. The lowest BCUT2D eigenvalue weighted by molar-refractivity contribution is 0.120. The van der Waals surface area contributed by atoms with Gasteiger partial charge in [0.15, 0.2) is 0 Å². The van der Waals surface area contributed by atoms with Crippen molar-refractivity contribution in [1.29, 1.82) is 0 Å². The van der Waals surface area contributed by atoms with Gasteiger partial charge < -0.3 is 15.4 Å². The molecule has 1 aliphatic rings. The van der Waals surface area contributed by atoms with Gasteiger partial charge in [-0.3, -0.25) is 0 Å². The second-order valence-electron chi connectivity index (χ2n) is 5.46. The average Bonchev–Trinajstić information content (AvgIpc) is 3.02. The number of nitrogens with zero attached hydrogens (tertiary/aromatic N) is 2. The molecular formula is C16H18F2N4O. The molecule has 3 rings (SSSR count). The number of aromatic nitrogens is 2. The maximum absolute atomic E-state index is 13.7. The Bertz CT molecular complexity index is 670. The summed E-state index contributed by atoms with van der Waals surface area (Å²) in [6.45, 7) is 3.18. The molecule has 0 bridgehead atoms. The Hall–Kier alpha value is -2.28. The quantitative estimate of drug-likeness (QED) is 0.884. The number of ether oxygens (including phenoxy) is 1. The minimum atomic E-state index is -0.671. The summed E-state index contributed by atoms with van der Waals surface area (Å²) in [5.74, 6) is -0.610. The van der Waals surface area contributed by atoms with Crippen LogP contribution in [0.4, 0.5) is 26.2 Å². The van der Waals surface area contributed by atoms with E-state index >= 15 is 0 Å². The first-order valence-electron chi connectivity index (χ1n) is 7.54. The normalized spacial score (nSPS) is 17.3. The molecule has 1 saturated heterocycles. The Morgan fingerprint density at radius 1 is 1.26 bits per heavy atom. The van der Waals surface area contributed by atoms with Crippen molar-refractivity contribution < 1.29 is 13.5 Å². The van der Waals surface area contributed by atoms with Crippen molar-refractivity contribution in [2.45, 2.75) is 25.9 Å². The third-order valence-corrected chi connectivity index (χ3v) is 3.58. The third kappa shape index (κ3) is 3.92. The zero-order valence-electron chi connectivity index (χ0n) is 12.8. The van der Waals surface area contributed by atoms with E-state index in [1.165, 1.54) is 18.2 Å². The van der Waals surface area contributed by atoms with Gasteiger partial charge in [-0.05, 0) is 31.9 Å². The molecule has 2 aromatic rings. The van der Waals surface area contributed by atoms with Crippen LogP contribution in [0.3, 0.4) is 0 Å². The number of nitrogens with one attached hydrogen (secondary N) is 2. The number of benzene rings is 1. The Balaban J connectivity index is 1.74. The highest BCUT2D eigenvalue weighted by atomic mass is 19.1. The fourth-order valence-corrected chi connectivity index (χ4v) is 2.47. The molecule has 1 aromatic heterocycles. The highest BCUT2D eigenvalue weighted by Gasteiger charge is 2.16. The van der Waals surface area contributed by atoms with Crippen molar-refractivity contribution in [3.63, 3.8) is 0 Å². The van der Waals surface area contributed by atoms with Gasteiger partial charge >= 0.3 is 0 Å². The van der Waals surface area contributed by atoms with Crippen molar-refractivity contribution in [1.82, 2.24) is 9.97 Å². The predicted octanol–water partition coefficient (Wildman–Crippen LogP) is 3.40. The Kier molecular flexibility index (Phi) is 4.66. The van der Waals surface area contributed by atoms with E-state index in [0.29, 0.717) is 24.0 Å². The van der Waals surface area contributed by atoms with Crippen LogP contribution in [0, 0.1) is 18.6 Å². The van der Waals surface area contributed by atoms with Gasteiger partial charge in [0, 0.05) is 24.9 Å². The van der Waals surface area contributed by atoms with Crippen LogP contribution in [0.25, 0.3) is 0 Å². The molecule has 0 amide bonds. The highest BCUT2D eigenvalue weighted by Crippen LogP contribution is 2.23. The number of hydrogen-bond donors (Lipinski definition) is 2. The van der Waals surface area contributed by atoms with Gasteiger partial charge in [-0.2, -0.15) is 4.98 Å². The Labute approximate surface area is 133 Å². The fourth-order valence-electron chi connectivity index (χ4n) is 2.47. The lowest BCUT2D eigenvalue weighted by atomic mass is 10.2. The number of anilines is 3. The molecule has 1 atom stereocenters. The largest absolute Gasteiger partial charge is 0.376 e. The average molecular weight is 320 g/mol. The van der Waals surface area contributed by atoms with E-state index in [1.807, 2.05) is 0 Å². The van der Waals surface area contributed by atoms with Crippen LogP contribution in [0.1, 0.15) is 18.5 Å². The molecule has 0 spiro atoms. The molecular weight excluding hydrogens is 302 g/mol. The molecule has 1 aliphatic heterocycles. The van der Waals surface area contributed by atoms with E-state index in [-0.39, 0.29) is 11.8 Å². The lowest BCUT2D eigenvalue weighted by Gasteiger charge is -2.13. The molecule has 0 radical (unpaired) electrons. The number of aryl methyl sites for hydroxylation is 1. The molecule has 2 heterocycles. The lowest BCUT2D eigenvalue weighted by Crippen LogP contribution is -2.20. The first kappa shape index (κ1) is 15.6.